The molecule has 1 aromatic carbocycles. The number of nitrogens with one attached hydrogen (secondary N) is 1. The van der Waals surface area contributed by atoms with Crippen molar-refractivity contribution in [3.8, 4) is 0 Å². The number of nitrogens with two attached hydrogens (primary N) is 1. The lowest BCUT2D eigenvalue weighted by atomic mass is 9.81. The fraction of sp³-hybridized carbons (Fsp3) is 0.320. The van der Waals surface area contributed by atoms with Gasteiger partial charge in [0, 0.05) is 41.6 Å². The molecular formula is C25H25BrFN5O4S. The summed E-state index contributed by atoms with van der Waals surface area (Å²) in [5, 5.41) is 14.6. The van der Waals surface area contributed by atoms with E-state index in [0.717, 1.165) is 5.57 Å². The Morgan fingerprint density at radius 3 is 2.95 bits per heavy atom. The van der Waals surface area contributed by atoms with Gasteiger partial charge in [-0.2, -0.15) is 0 Å². The van der Waals surface area contributed by atoms with E-state index in [2.05, 4.69) is 31.2 Å². The molecule has 2 atom stereocenters. The molecule has 2 aliphatic rings. The number of carboxylic acids is 1. The number of halogens is 2. The van der Waals surface area contributed by atoms with Crippen molar-refractivity contribution < 1.29 is 23.8 Å². The minimum atomic E-state index is -0.927. The Labute approximate surface area is 225 Å². The molecule has 12 heteroatoms. The molecular weight excluding hydrogens is 565 g/mol. The average molecular weight is 590 g/mol. The van der Waals surface area contributed by atoms with Gasteiger partial charge in [-0.25, -0.2) is 14.2 Å². The first-order valence-corrected chi connectivity index (χ1v) is 13.2. The number of aromatic nitrogens is 1. The van der Waals surface area contributed by atoms with E-state index < -0.39 is 23.8 Å². The van der Waals surface area contributed by atoms with Crippen molar-refractivity contribution in [1.82, 2.24) is 10.3 Å². The Morgan fingerprint density at radius 1 is 1.43 bits per heavy atom. The smallest absolute Gasteiger partial charge is 0.338 e. The van der Waals surface area contributed by atoms with Crippen molar-refractivity contribution in [1.29, 1.82) is 0 Å². The molecule has 2 unspecified atom stereocenters. The van der Waals surface area contributed by atoms with Crippen LogP contribution in [0.15, 0.2) is 66.8 Å². The number of benzene rings is 1. The number of ether oxygens (including phenoxy) is 1. The van der Waals surface area contributed by atoms with E-state index >= 15 is 0 Å². The highest BCUT2D eigenvalue weighted by atomic mass is 79.9. The van der Waals surface area contributed by atoms with Gasteiger partial charge in [-0.05, 0) is 52.4 Å². The summed E-state index contributed by atoms with van der Waals surface area (Å²) in [7, 11) is 1.30. The minimum absolute atomic E-state index is 0.0792. The van der Waals surface area contributed by atoms with Gasteiger partial charge >= 0.3 is 11.9 Å². The number of carbonyl (C=O) groups is 2. The average Bonchev–Trinajstić information content (AvgIpc) is 3.43. The molecule has 4 rings (SSSR count). The molecule has 2 heterocycles. The molecule has 0 bridgehead atoms. The molecule has 0 saturated carbocycles. The van der Waals surface area contributed by atoms with Crippen LogP contribution in [-0.4, -0.2) is 47.7 Å². The highest BCUT2D eigenvalue weighted by Crippen LogP contribution is 2.41. The third kappa shape index (κ3) is 5.96. The number of carboxylic acid groups (broad SMARTS) is 1. The zero-order valence-corrected chi connectivity index (χ0v) is 22.3. The van der Waals surface area contributed by atoms with E-state index in [1.807, 2.05) is 5.38 Å². The third-order valence-corrected chi connectivity index (χ3v) is 7.76. The molecule has 0 fully saturated rings. The Kier molecular flexibility index (Phi) is 8.49. The van der Waals surface area contributed by atoms with Gasteiger partial charge < -0.3 is 20.9 Å². The van der Waals surface area contributed by atoms with E-state index in [9.17, 15) is 14.0 Å². The molecule has 9 nitrogen and oxygen atoms in total. The number of aliphatic imine (C=N–C) groups is 2. The van der Waals surface area contributed by atoms with Gasteiger partial charge in [0.15, 0.2) is 10.8 Å². The second-order valence-corrected chi connectivity index (χ2v) is 10.2. The van der Waals surface area contributed by atoms with Gasteiger partial charge in [-0.15, -0.1) is 11.3 Å². The highest BCUT2D eigenvalue weighted by molar-refractivity contribution is 9.10. The molecule has 0 saturated heterocycles. The minimum Gasteiger partial charge on any atom is -0.481 e. The summed E-state index contributed by atoms with van der Waals surface area (Å²) in [6.45, 7) is 0.141. The Hall–Kier alpha value is -3.38. The van der Waals surface area contributed by atoms with Crippen molar-refractivity contribution in [3.05, 3.63) is 73.2 Å². The molecule has 1 aromatic heterocycles. The highest BCUT2D eigenvalue weighted by Gasteiger charge is 2.37. The number of thiazole rings is 1. The van der Waals surface area contributed by atoms with Gasteiger partial charge in [0.05, 0.1) is 23.6 Å². The van der Waals surface area contributed by atoms with Crippen LogP contribution in [0.4, 0.5) is 4.39 Å². The van der Waals surface area contributed by atoms with E-state index in [4.69, 9.17) is 20.6 Å². The van der Waals surface area contributed by atoms with Gasteiger partial charge in [-0.3, -0.25) is 14.8 Å². The standard InChI is InChI=1S/C25H25BrFN5O4S/c1-36-25(35)19-21(13-5-6-17(28)14(11-13)12-29-8-7-18(33)34)31-23(24-30-9-10-37-24)32-22(19)15-3-2-4-16(27)20(15)26/h2-4,9-10,12-13,22H,5-8,11,28H2,1H3,(H,31,32)(H,33,34). The Balaban J connectivity index is 1.78. The second kappa shape index (κ2) is 11.8. The fourth-order valence-electron chi connectivity index (χ4n) is 4.33. The molecule has 0 amide bonds. The number of hydrogen-bond acceptors (Lipinski definition) is 9. The lowest BCUT2D eigenvalue weighted by Crippen LogP contribution is -2.38. The van der Waals surface area contributed by atoms with Crippen LogP contribution in [0.1, 0.15) is 42.3 Å². The van der Waals surface area contributed by atoms with Crippen LogP contribution in [0, 0.1) is 11.7 Å². The molecule has 37 heavy (non-hydrogen) atoms. The number of nitrogens with zero attached hydrogens (tertiary/aromatic N) is 3. The molecule has 194 valence electrons. The summed E-state index contributed by atoms with van der Waals surface area (Å²) in [5.41, 5.74) is 9.08. The van der Waals surface area contributed by atoms with E-state index in [0.29, 0.717) is 47.1 Å². The van der Waals surface area contributed by atoms with Gasteiger partial charge in [-0.1, -0.05) is 12.1 Å². The first kappa shape index (κ1) is 26.7. The summed E-state index contributed by atoms with van der Waals surface area (Å²) in [6.07, 6.45) is 4.86. The van der Waals surface area contributed by atoms with Crippen molar-refractivity contribution in [2.24, 2.45) is 21.6 Å². The van der Waals surface area contributed by atoms with Crippen molar-refractivity contribution >= 4 is 51.3 Å². The number of amidine groups is 1. The molecule has 4 N–H and O–H groups in total. The number of carbonyl (C=O) groups excluding carboxylic acids is 1. The SMILES string of the molecule is COC(=O)C1=C(C2CCC(N)=C(C=NCCC(=O)O)C2)NC(c2nccs2)=NC1c1cccc(F)c1Br. The zero-order valence-electron chi connectivity index (χ0n) is 19.9. The summed E-state index contributed by atoms with van der Waals surface area (Å²) < 4.78 is 19.9. The number of esters is 1. The zero-order chi connectivity index (χ0) is 26.5. The Bertz CT molecular complexity index is 1320. The van der Waals surface area contributed by atoms with Gasteiger partial charge in [0.2, 0.25) is 0 Å². The second-order valence-electron chi connectivity index (χ2n) is 8.47. The monoisotopic (exact) mass is 589 g/mol. The first-order chi connectivity index (χ1) is 17.8. The third-order valence-electron chi connectivity index (χ3n) is 6.14. The quantitative estimate of drug-likeness (QED) is 0.311. The van der Waals surface area contributed by atoms with Crippen LogP contribution in [0.2, 0.25) is 0 Å². The Morgan fingerprint density at radius 2 is 2.24 bits per heavy atom. The summed E-state index contributed by atoms with van der Waals surface area (Å²) in [6, 6.07) is 3.77. The summed E-state index contributed by atoms with van der Waals surface area (Å²) >= 11 is 4.71. The van der Waals surface area contributed by atoms with Crippen molar-refractivity contribution in [2.75, 3.05) is 13.7 Å². The number of rotatable bonds is 8. The summed E-state index contributed by atoms with van der Waals surface area (Å²) in [5.74, 6) is -1.69. The molecule has 0 radical (unpaired) electrons. The van der Waals surface area contributed by atoms with E-state index in [1.165, 1.54) is 24.5 Å². The number of aliphatic carboxylic acids is 1. The lowest BCUT2D eigenvalue weighted by Gasteiger charge is -2.33. The van der Waals surface area contributed by atoms with E-state index in [-0.39, 0.29) is 28.9 Å². The molecule has 1 aliphatic heterocycles. The van der Waals surface area contributed by atoms with Crippen LogP contribution in [0.3, 0.4) is 0 Å². The fourth-order valence-corrected chi connectivity index (χ4v) is 5.40. The molecule has 1 aliphatic carbocycles. The van der Waals surface area contributed by atoms with Crippen molar-refractivity contribution in [2.45, 2.75) is 31.7 Å². The van der Waals surface area contributed by atoms with Crippen LogP contribution >= 0.6 is 27.3 Å². The normalized spacial score (nSPS) is 20.1. The number of methoxy groups -OCH3 is 1. The molecule has 2 aromatic rings. The number of allylic oxidation sites excluding steroid dienone is 3. The predicted molar refractivity (Wildman–Crippen MR) is 142 cm³/mol. The van der Waals surface area contributed by atoms with Gasteiger partial charge in [0.25, 0.3) is 0 Å². The first-order valence-electron chi connectivity index (χ1n) is 11.5. The van der Waals surface area contributed by atoms with Crippen molar-refractivity contribution in [3.63, 3.8) is 0 Å². The van der Waals surface area contributed by atoms with E-state index in [1.54, 1.807) is 24.5 Å². The topological polar surface area (TPSA) is 139 Å². The van der Waals surface area contributed by atoms with Crippen LogP contribution in [0.25, 0.3) is 0 Å². The summed E-state index contributed by atoms with van der Waals surface area (Å²) in [4.78, 5) is 37.4. The number of hydrogen-bond donors (Lipinski definition) is 3. The lowest BCUT2D eigenvalue weighted by molar-refractivity contribution is -0.137. The maximum absolute atomic E-state index is 14.5. The van der Waals surface area contributed by atoms with Crippen LogP contribution in [-0.2, 0) is 14.3 Å². The maximum Gasteiger partial charge on any atom is 0.338 e. The maximum atomic E-state index is 14.5. The molecule has 0 spiro atoms. The predicted octanol–water partition coefficient (Wildman–Crippen LogP) is 4.12. The van der Waals surface area contributed by atoms with Gasteiger partial charge in [0.1, 0.15) is 11.9 Å². The largest absolute Gasteiger partial charge is 0.481 e. The van der Waals surface area contributed by atoms with Crippen LogP contribution in [0.5, 0.6) is 0 Å². The van der Waals surface area contributed by atoms with Crippen LogP contribution < -0.4 is 11.1 Å².